The average molecular weight is 186 g/mol. The van der Waals surface area contributed by atoms with Gasteiger partial charge in [0.2, 0.25) is 0 Å². The van der Waals surface area contributed by atoms with E-state index in [1.807, 2.05) is 12.1 Å². The first-order chi connectivity index (χ1) is 6.59. The lowest BCUT2D eigenvalue weighted by molar-refractivity contribution is 0.476. The second-order valence-electron chi connectivity index (χ2n) is 3.85. The maximum Gasteiger partial charge on any atom is 0.116 e. The molecule has 0 aliphatic carbocycles. The maximum absolute atomic E-state index is 9.41. The smallest absolute Gasteiger partial charge is 0.116 e. The summed E-state index contributed by atoms with van der Waals surface area (Å²) in [5, 5.41) is 11.8. The normalized spacial score (nSPS) is 10.8. The van der Waals surface area contributed by atoms with Crippen LogP contribution in [0.15, 0.2) is 24.3 Å². The zero-order chi connectivity index (χ0) is 10.3. The molecule has 0 aliphatic heterocycles. The van der Waals surface area contributed by atoms with Crippen LogP contribution in [-0.4, -0.2) is 5.11 Å². The molecule has 0 unspecified atom stereocenters. The molecule has 2 aromatic rings. The molecule has 1 nitrogen and oxygen atoms in total. The van der Waals surface area contributed by atoms with Crippen LogP contribution in [0.5, 0.6) is 5.75 Å². The zero-order valence-electron chi connectivity index (χ0n) is 8.76. The highest BCUT2D eigenvalue weighted by Gasteiger charge is 2.04. The number of hydrogen-bond donors (Lipinski definition) is 1. The summed E-state index contributed by atoms with van der Waals surface area (Å²) in [6.45, 7) is 6.34. The first-order valence-electron chi connectivity index (χ1n) is 4.79. The molecule has 0 amide bonds. The lowest BCUT2D eigenvalue weighted by Crippen LogP contribution is -1.88. The first-order valence-corrected chi connectivity index (χ1v) is 4.79. The lowest BCUT2D eigenvalue weighted by atomic mass is 9.96. The summed E-state index contributed by atoms with van der Waals surface area (Å²) >= 11 is 0. The Morgan fingerprint density at radius 3 is 2.36 bits per heavy atom. The molecule has 0 saturated heterocycles. The van der Waals surface area contributed by atoms with Crippen LogP contribution in [-0.2, 0) is 0 Å². The largest absolute Gasteiger partial charge is 0.508 e. The Hall–Kier alpha value is -1.50. The van der Waals surface area contributed by atoms with E-state index in [0.29, 0.717) is 5.75 Å². The van der Waals surface area contributed by atoms with E-state index in [-0.39, 0.29) is 0 Å². The summed E-state index contributed by atoms with van der Waals surface area (Å²) in [5.41, 5.74) is 3.87. The fraction of sp³-hybridized carbons (Fsp3) is 0.231. The predicted octanol–water partition coefficient (Wildman–Crippen LogP) is 3.47. The number of phenols is 1. The Balaban J connectivity index is 2.92. The predicted molar refractivity (Wildman–Crippen MR) is 59.8 cm³/mol. The molecule has 0 heterocycles. The Bertz CT molecular complexity index is 498. The molecule has 2 rings (SSSR count). The molecule has 0 bridgehead atoms. The van der Waals surface area contributed by atoms with Crippen molar-refractivity contribution in [3.05, 3.63) is 41.0 Å². The second kappa shape index (κ2) is 3.02. The summed E-state index contributed by atoms with van der Waals surface area (Å²) in [4.78, 5) is 0. The van der Waals surface area contributed by atoms with Gasteiger partial charge in [-0.2, -0.15) is 0 Å². The van der Waals surface area contributed by atoms with Crippen LogP contribution in [0.25, 0.3) is 10.8 Å². The molecule has 2 aromatic carbocycles. The van der Waals surface area contributed by atoms with E-state index in [2.05, 4.69) is 26.8 Å². The van der Waals surface area contributed by atoms with Crippen LogP contribution >= 0.6 is 0 Å². The number of rotatable bonds is 0. The van der Waals surface area contributed by atoms with Crippen molar-refractivity contribution in [2.45, 2.75) is 20.8 Å². The van der Waals surface area contributed by atoms with Gasteiger partial charge < -0.3 is 5.11 Å². The quantitative estimate of drug-likeness (QED) is 0.668. The summed E-state index contributed by atoms with van der Waals surface area (Å²) < 4.78 is 0. The molecule has 0 spiro atoms. The molecule has 1 heteroatoms. The minimum atomic E-state index is 0.337. The molecule has 14 heavy (non-hydrogen) atoms. The van der Waals surface area contributed by atoms with E-state index in [4.69, 9.17) is 0 Å². The van der Waals surface area contributed by atoms with Crippen molar-refractivity contribution in [3.8, 4) is 5.75 Å². The Kier molecular flexibility index (Phi) is 1.95. The fourth-order valence-corrected chi connectivity index (χ4v) is 1.83. The van der Waals surface area contributed by atoms with Gasteiger partial charge in [0.15, 0.2) is 0 Å². The van der Waals surface area contributed by atoms with Crippen LogP contribution in [0.2, 0.25) is 0 Å². The number of hydrogen-bond acceptors (Lipinski definition) is 1. The highest BCUT2D eigenvalue weighted by atomic mass is 16.3. The van der Waals surface area contributed by atoms with Crippen molar-refractivity contribution in [2.75, 3.05) is 0 Å². The molecule has 0 atom stereocenters. The van der Waals surface area contributed by atoms with E-state index < -0.39 is 0 Å². The van der Waals surface area contributed by atoms with Crippen LogP contribution in [0.3, 0.4) is 0 Å². The molecule has 0 saturated carbocycles. The van der Waals surface area contributed by atoms with E-state index in [0.717, 1.165) is 5.39 Å². The van der Waals surface area contributed by atoms with Gasteiger partial charge in [-0.15, -0.1) is 0 Å². The van der Waals surface area contributed by atoms with Gasteiger partial charge in [-0.05, 0) is 60.4 Å². The summed E-state index contributed by atoms with van der Waals surface area (Å²) in [5.74, 6) is 0.337. The van der Waals surface area contributed by atoms with E-state index >= 15 is 0 Å². The van der Waals surface area contributed by atoms with Gasteiger partial charge in [-0.1, -0.05) is 12.1 Å². The van der Waals surface area contributed by atoms with Crippen molar-refractivity contribution >= 4 is 10.8 Å². The molecular weight excluding hydrogens is 172 g/mol. The molecule has 0 aliphatic rings. The van der Waals surface area contributed by atoms with E-state index in [9.17, 15) is 5.11 Å². The number of benzene rings is 2. The minimum absolute atomic E-state index is 0.337. The van der Waals surface area contributed by atoms with Crippen LogP contribution < -0.4 is 0 Å². The average Bonchev–Trinajstić information content (AvgIpc) is 2.16. The third kappa shape index (κ3) is 1.25. The number of aromatic hydroxyl groups is 1. The molecule has 1 N–H and O–H groups in total. The Morgan fingerprint density at radius 1 is 0.929 bits per heavy atom. The van der Waals surface area contributed by atoms with E-state index in [1.165, 1.54) is 22.1 Å². The number of aryl methyl sites for hydroxylation is 2. The van der Waals surface area contributed by atoms with Gasteiger partial charge in [0.25, 0.3) is 0 Å². The maximum atomic E-state index is 9.41. The topological polar surface area (TPSA) is 20.2 Å². The monoisotopic (exact) mass is 186 g/mol. The van der Waals surface area contributed by atoms with Crippen LogP contribution in [0.4, 0.5) is 0 Å². The van der Waals surface area contributed by atoms with Crippen molar-refractivity contribution in [2.24, 2.45) is 0 Å². The SMILES string of the molecule is Cc1cc2ccc(O)cc2c(C)c1C. The van der Waals surface area contributed by atoms with Crippen molar-refractivity contribution in [1.82, 2.24) is 0 Å². The standard InChI is InChI=1S/C13H14O/c1-8-6-11-4-5-12(14)7-13(11)10(3)9(8)2/h4-7,14H,1-3H3. The zero-order valence-corrected chi connectivity index (χ0v) is 8.76. The third-order valence-electron chi connectivity index (χ3n) is 2.97. The fourth-order valence-electron chi connectivity index (χ4n) is 1.83. The van der Waals surface area contributed by atoms with Gasteiger partial charge in [0, 0.05) is 0 Å². The number of fused-ring (bicyclic) bond motifs is 1. The number of phenolic OH excluding ortho intramolecular Hbond substituents is 1. The molecule has 0 aromatic heterocycles. The summed E-state index contributed by atoms with van der Waals surface area (Å²) in [7, 11) is 0. The van der Waals surface area contributed by atoms with Gasteiger partial charge >= 0.3 is 0 Å². The second-order valence-corrected chi connectivity index (χ2v) is 3.85. The van der Waals surface area contributed by atoms with Crippen LogP contribution in [0.1, 0.15) is 16.7 Å². The van der Waals surface area contributed by atoms with Gasteiger partial charge in [0.1, 0.15) is 5.75 Å². The van der Waals surface area contributed by atoms with Crippen molar-refractivity contribution in [3.63, 3.8) is 0 Å². The van der Waals surface area contributed by atoms with Gasteiger partial charge in [-0.25, -0.2) is 0 Å². The summed E-state index contributed by atoms with van der Waals surface area (Å²) in [6.07, 6.45) is 0. The molecule has 0 fully saturated rings. The highest BCUT2D eigenvalue weighted by Crippen LogP contribution is 2.27. The lowest BCUT2D eigenvalue weighted by Gasteiger charge is -2.09. The minimum Gasteiger partial charge on any atom is -0.508 e. The Morgan fingerprint density at radius 2 is 1.64 bits per heavy atom. The van der Waals surface area contributed by atoms with E-state index in [1.54, 1.807) is 6.07 Å². The third-order valence-corrected chi connectivity index (χ3v) is 2.97. The highest BCUT2D eigenvalue weighted by molar-refractivity contribution is 5.88. The summed E-state index contributed by atoms with van der Waals surface area (Å²) in [6, 6.07) is 7.69. The van der Waals surface area contributed by atoms with Crippen LogP contribution in [0, 0.1) is 20.8 Å². The van der Waals surface area contributed by atoms with Gasteiger partial charge in [0.05, 0.1) is 0 Å². The van der Waals surface area contributed by atoms with Crippen molar-refractivity contribution < 1.29 is 5.11 Å². The molecular formula is C13H14O. The Labute approximate surface area is 84.0 Å². The van der Waals surface area contributed by atoms with Gasteiger partial charge in [-0.3, -0.25) is 0 Å². The van der Waals surface area contributed by atoms with Crippen molar-refractivity contribution in [1.29, 1.82) is 0 Å². The molecule has 0 radical (unpaired) electrons. The first kappa shape index (κ1) is 9.07. The molecule has 72 valence electrons.